The number of methoxy groups -OCH3 is 1. The molecular formula is C24H24F3N3O2. The van der Waals surface area contributed by atoms with Gasteiger partial charge >= 0.3 is 6.18 Å². The van der Waals surface area contributed by atoms with Crippen molar-refractivity contribution < 1.29 is 22.7 Å². The second-order valence-corrected chi connectivity index (χ2v) is 7.87. The summed E-state index contributed by atoms with van der Waals surface area (Å²) in [5.74, 6) is -1.06. The van der Waals surface area contributed by atoms with E-state index < -0.39 is 24.4 Å². The number of imidazole rings is 1. The smallest absolute Gasteiger partial charge is 0.396 e. The Morgan fingerprint density at radius 1 is 1.22 bits per heavy atom. The molecule has 8 heteroatoms. The lowest BCUT2D eigenvalue weighted by Crippen LogP contribution is -2.34. The number of halogens is 3. The highest BCUT2D eigenvalue weighted by atomic mass is 19.4. The zero-order chi connectivity index (χ0) is 22.7. The number of nitrogens with zero attached hydrogens (tertiary/aromatic N) is 2. The molecule has 1 saturated heterocycles. The number of likely N-dealkylation sites (tertiary alicyclic amines) is 1. The van der Waals surface area contributed by atoms with Crippen molar-refractivity contribution in [2.24, 2.45) is 0 Å². The maximum atomic E-state index is 13.7. The highest BCUT2D eigenvalue weighted by molar-refractivity contribution is 5.78. The van der Waals surface area contributed by atoms with Gasteiger partial charge in [0.05, 0.1) is 31.0 Å². The van der Waals surface area contributed by atoms with E-state index in [4.69, 9.17) is 4.74 Å². The largest absolute Gasteiger partial charge is 0.497 e. The van der Waals surface area contributed by atoms with Gasteiger partial charge in [-0.2, -0.15) is 13.2 Å². The minimum atomic E-state index is -4.50. The van der Waals surface area contributed by atoms with Gasteiger partial charge in [-0.25, -0.2) is 4.98 Å². The summed E-state index contributed by atoms with van der Waals surface area (Å²) >= 11 is 0. The second kappa shape index (κ2) is 9.06. The molecule has 2 unspecified atom stereocenters. The van der Waals surface area contributed by atoms with Gasteiger partial charge in [-0.3, -0.25) is 4.79 Å². The number of alkyl halides is 3. The number of nitrogens with one attached hydrogen (secondary N) is 1. The van der Waals surface area contributed by atoms with Crippen LogP contribution < -0.4 is 4.74 Å². The highest BCUT2D eigenvalue weighted by Gasteiger charge is 2.44. The van der Waals surface area contributed by atoms with Crippen molar-refractivity contribution in [2.75, 3.05) is 13.7 Å². The van der Waals surface area contributed by atoms with Crippen molar-refractivity contribution in [3.63, 3.8) is 0 Å². The number of amides is 1. The van der Waals surface area contributed by atoms with Crippen molar-refractivity contribution in [3.8, 4) is 17.0 Å². The van der Waals surface area contributed by atoms with Crippen LogP contribution >= 0.6 is 0 Å². The molecule has 1 aliphatic rings. The van der Waals surface area contributed by atoms with Crippen molar-refractivity contribution >= 4 is 5.91 Å². The third-order valence-electron chi connectivity index (χ3n) is 5.84. The van der Waals surface area contributed by atoms with E-state index in [9.17, 15) is 18.0 Å². The van der Waals surface area contributed by atoms with Gasteiger partial charge in [0.2, 0.25) is 5.91 Å². The Bertz CT molecular complexity index is 1070. The molecule has 1 fully saturated rings. The van der Waals surface area contributed by atoms with Crippen molar-refractivity contribution in [1.29, 1.82) is 0 Å². The molecule has 0 bridgehead atoms. The first kappa shape index (κ1) is 21.9. The molecule has 1 N–H and O–H groups in total. The van der Waals surface area contributed by atoms with E-state index >= 15 is 0 Å². The Hall–Kier alpha value is -3.29. The van der Waals surface area contributed by atoms with Crippen LogP contribution in [0.3, 0.4) is 0 Å². The molecule has 2 atom stereocenters. The molecule has 0 spiro atoms. The van der Waals surface area contributed by atoms with Gasteiger partial charge < -0.3 is 14.6 Å². The van der Waals surface area contributed by atoms with E-state index in [0.29, 0.717) is 31.0 Å². The highest BCUT2D eigenvalue weighted by Crippen LogP contribution is 2.40. The van der Waals surface area contributed by atoms with Gasteiger partial charge in [0.15, 0.2) is 0 Å². The Kier molecular flexibility index (Phi) is 6.21. The van der Waals surface area contributed by atoms with Crippen molar-refractivity contribution in [1.82, 2.24) is 14.9 Å². The summed E-state index contributed by atoms with van der Waals surface area (Å²) in [6, 6.07) is 14.7. The predicted octanol–water partition coefficient (Wildman–Crippen LogP) is 5.49. The zero-order valence-corrected chi connectivity index (χ0v) is 17.6. The van der Waals surface area contributed by atoms with Gasteiger partial charge in [-0.1, -0.05) is 42.5 Å². The maximum absolute atomic E-state index is 13.7. The molecule has 5 nitrogen and oxygen atoms in total. The minimum Gasteiger partial charge on any atom is -0.497 e. The lowest BCUT2D eigenvalue weighted by molar-refractivity contribution is -0.161. The average Bonchev–Trinajstić information content (AvgIpc) is 3.47. The predicted molar refractivity (Wildman–Crippen MR) is 114 cm³/mol. The summed E-state index contributed by atoms with van der Waals surface area (Å²) in [5.41, 5.74) is 1.73. The number of hydrogen-bond donors (Lipinski definition) is 1. The second-order valence-electron chi connectivity index (χ2n) is 7.87. The number of benzene rings is 2. The van der Waals surface area contributed by atoms with Gasteiger partial charge in [0, 0.05) is 18.5 Å². The van der Waals surface area contributed by atoms with E-state index in [0.717, 1.165) is 11.3 Å². The Morgan fingerprint density at radius 2 is 2.00 bits per heavy atom. The van der Waals surface area contributed by atoms with E-state index in [1.807, 2.05) is 24.3 Å². The van der Waals surface area contributed by atoms with Crippen LogP contribution in [-0.2, 0) is 4.79 Å². The number of carbonyl (C=O) groups is 1. The maximum Gasteiger partial charge on any atom is 0.396 e. The van der Waals surface area contributed by atoms with Crippen LogP contribution in [0.5, 0.6) is 5.75 Å². The molecule has 0 saturated carbocycles. The molecule has 32 heavy (non-hydrogen) atoms. The van der Waals surface area contributed by atoms with Gasteiger partial charge in [-0.05, 0) is 30.5 Å². The molecule has 4 rings (SSSR count). The molecule has 3 aromatic rings. The zero-order valence-electron chi connectivity index (χ0n) is 17.6. The minimum absolute atomic E-state index is 0.0995. The molecule has 168 valence electrons. The number of aromatic nitrogens is 2. The first-order chi connectivity index (χ1) is 15.4. The first-order valence-corrected chi connectivity index (χ1v) is 10.5. The van der Waals surface area contributed by atoms with Crippen molar-refractivity contribution in [2.45, 2.75) is 37.4 Å². The summed E-state index contributed by atoms with van der Waals surface area (Å²) in [6.45, 7) is 0.415. The molecule has 2 aromatic carbocycles. The molecule has 1 amide bonds. The Morgan fingerprint density at radius 3 is 2.72 bits per heavy atom. The summed E-state index contributed by atoms with van der Waals surface area (Å²) in [4.78, 5) is 22.2. The van der Waals surface area contributed by atoms with Crippen LogP contribution in [0, 0.1) is 0 Å². The van der Waals surface area contributed by atoms with Crippen LogP contribution in [0.25, 0.3) is 11.3 Å². The monoisotopic (exact) mass is 443 g/mol. The summed E-state index contributed by atoms with van der Waals surface area (Å²) in [7, 11) is 1.59. The fourth-order valence-corrected chi connectivity index (χ4v) is 4.19. The summed E-state index contributed by atoms with van der Waals surface area (Å²) < 4.78 is 46.4. The molecule has 0 radical (unpaired) electrons. The lowest BCUT2D eigenvalue weighted by atomic mass is 9.94. The fourth-order valence-electron chi connectivity index (χ4n) is 4.19. The topological polar surface area (TPSA) is 58.2 Å². The van der Waals surface area contributed by atoms with E-state index in [-0.39, 0.29) is 11.6 Å². The fraction of sp³-hybridized carbons (Fsp3) is 0.333. The van der Waals surface area contributed by atoms with E-state index in [1.54, 1.807) is 31.5 Å². The van der Waals surface area contributed by atoms with Gasteiger partial charge in [0.1, 0.15) is 11.6 Å². The van der Waals surface area contributed by atoms with Gasteiger partial charge in [0.25, 0.3) is 0 Å². The third-order valence-corrected chi connectivity index (χ3v) is 5.84. The van der Waals surface area contributed by atoms with Crippen LogP contribution in [0.2, 0.25) is 0 Å². The Balaban J connectivity index is 1.53. The normalized spacial score (nSPS) is 17.4. The third kappa shape index (κ3) is 4.64. The Labute approximate surface area is 184 Å². The molecule has 2 heterocycles. The van der Waals surface area contributed by atoms with Crippen LogP contribution in [0.15, 0.2) is 60.8 Å². The SMILES string of the molecule is COc1cccc(-c2cnc(C3CCCN3C(=O)CC(c3ccccc3)C(F)(F)F)[nH]2)c1. The van der Waals surface area contributed by atoms with Crippen LogP contribution in [0.1, 0.15) is 42.6 Å². The number of aromatic amines is 1. The standard InChI is InChI=1S/C24H24F3N3O2/c1-32-18-10-5-9-17(13-18)20-15-28-23(29-20)21-11-6-12-30(21)22(31)14-19(24(25,26)27)16-7-3-2-4-8-16/h2-5,7-10,13,15,19,21H,6,11-12,14H2,1H3,(H,28,29). The number of H-pyrrole nitrogens is 1. The average molecular weight is 443 g/mol. The number of hydrogen-bond acceptors (Lipinski definition) is 3. The van der Waals surface area contributed by atoms with Crippen LogP contribution in [-0.4, -0.2) is 40.6 Å². The quantitative estimate of drug-likeness (QED) is 0.549. The number of ether oxygens (including phenoxy) is 1. The number of carbonyl (C=O) groups excluding carboxylic acids is 1. The summed E-state index contributed by atoms with van der Waals surface area (Å²) in [6.07, 6.45) is -2.08. The molecule has 0 aliphatic carbocycles. The molecule has 1 aromatic heterocycles. The number of rotatable bonds is 6. The van der Waals surface area contributed by atoms with E-state index in [1.165, 1.54) is 17.0 Å². The molecular weight excluding hydrogens is 419 g/mol. The molecule has 1 aliphatic heterocycles. The van der Waals surface area contributed by atoms with Crippen molar-refractivity contribution in [3.05, 3.63) is 72.2 Å². The lowest BCUT2D eigenvalue weighted by Gasteiger charge is -2.27. The first-order valence-electron chi connectivity index (χ1n) is 10.5. The van der Waals surface area contributed by atoms with Gasteiger partial charge in [-0.15, -0.1) is 0 Å². The van der Waals surface area contributed by atoms with E-state index in [2.05, 4.69) is 9.97 Å². The van der Waals surface area contributed by atoms with Crippen LogP contribution in [0.4, 0.5) is 13.2 Å². The summed E-state index contributed by atoms with van der Waals surface area (Å²) in [5, 5.41) is 0.